The van der Waals surface area contributed by atoms with Gasteiger partial charge < -0.3 is 4.74 Å². The van der Waals surface area contributed by atoms with Crippen molar-refractivity contribution in [1.29, 1.82) is 0 Å². The summed E-state index contributed by atoms with van der Waals surface area (Å²) in [6.07, 6.45) is 0. The molecule has 0 aliphatic heterocycles. The Morgan fingerprint density at radius 1 is 1.25 bits per heavy atom. The lowest BCUT2D eigenvalue weighted by atomic mass is 10.1. The molecule has 0 saturated heterocycles. The molecule has 1 heterocycles. The lowest BCUT2D eigenvalue weighted by Crippen LogP contribution is -2.20. The van der Waals surface area contributed by atoms with E-state index < -0.39 is 0 Å². The first kappa shape index (κ1) is 17.0. The molecule has 2 aromatic carbocycles. The number of rotatable bonds is 6. The van der Waals surface area contributed by atoms with E-state index in [-0.39, 0.29) is 12.5 Å². The minimum atomic E-state index is -0.279. The van der Waals surface area contributed by atoms with Crippen molar-refractivity contribution in [1.82, 2.24) is 10.2 Å². The van der Waals surface area contributed by atoms with Crippen molar-refractivity contribution in [3.8, 4) is 5.75 Å². The number of hydrogen-bond donors (Lipinski definition) is 1. The van der Waals surface area contributed by atoms with Crippen LogP contribution in [0, 0.1) is 0 Å². The molecule has 0 aliphatic carbocycles. The number of amides is 1. The van der Waals surface area contributed by atoms with Gasteiger partial charge >= 0.3 is 0 Å². The highest BCUT2D eigenvalue weighted by atomic mass is 35.5. The highest BCUT2D eigenvalue weighted by molar-refractivity contribution is 8.01. The number of anilines is 1. The maximum absolute atomic E-state index is 12.0. The Morgan fingerprint density at radius 3 is 2.83 bits per heavy atom. The third kappa shape index (κ3) is 3.98. The first-order valence-corrected chi connectivity index (χ1v) is 9.41. The molecule has 0 unspecified atom stereocenters. The van der Waals surface area contributed by atoms with Crippen molar-refractivity contribution in [2.24, 2.45) is 0 Å². The first-order valence-electron chi connectivity index (χ1n) is 7.23. The van der Waals surface area contributed by atoms with Crippen molar-refractivity contribution in [3.05, 3.63) is 41.4 Å². The van der Waals surface area contributed by atoms with Gasteiger partial charge in [-0.25, -0.2) is 0 Å². The SMILES string of the molecule is CCSc1nnc(NC(=O)COc2ccc(Cl)c3ccccc23)s1. The molecule has 1 N–H and O–H groups in total. The Bertz CT molecular complexity index is 869. The minimum Gasteiger partial charge on any atom is -0.483 e. The lowest BCUT2D eigenvalue weighted by molar-refractivity contribution is -0.118. The number of carbonyl (C=O) groups is 1. The molecule has 0 fully saturated rings. The Labute approximate surface area is 152 Å². The fourth-order valence-corrected chi connectivity index (χ4v) is 3.99. The van der Waals surface area contributed by atoms with Gasteiger partial charge in [0.1, 0.15) is 5.75 Å². The molecule has 0 radical (unpaired) electrons. The van der Waals surface area contributed by atoms with E-state index in [0.29, 0.717) is 15.9 Å². The maximum atomic E-state index is 12.0. The molecule has 124 valence electrons. The average Bonchev–Trinajstić information content (AvgIpc) is 3.02. The van der Waals surface area contributed by atoms with Gasteiger partial charge in [0.2, 0.25) is 5.13 Å². The summed E-state index contributed by atoms with van der Waals surface area (Å²) in [4.78, 5) is 12.0. The molecule has 0 spiro atoms. The van der Waals surface area contributed by atoms with E-state index in [1.165, 1.54) is 11.3 Å². The van der Waals surface area contributed by atoms with E-state index in [1.807, 2.05) is 31.2 Å². The Morgan fingerprint density at radius 2 is 2.04 bits per heavy atom. The largest absolute Gasteiger partial charge is 0.483 e. The van der Waals surface area contributed by atoms with E-state index in [9.17, 15) is 4.79 Å². The predicted octanol–water partition coefficient (Wildman–Crippen LogP) is 4.47. The van der Waals surface area contributed by atoms with Crippen LogP contribution in [0.1, 0.15) is 6.92 Å². The van der Waals surface area contributed by atoms with Crippen LogP contribution in [0.2, 0.25) is 5.02 Å². The molecule has 0 aliphatic rings. The second-order valence-electron chi connectivity index (χ2n) is 4.73. The van der Waals surface area contributed by atoms with Crippen LogP contribution in [0.3, 0.4) is 0 Å². The molecule has 8 heteroatoms. The normalized spacial score (nSPS) is 10.8. The number of hydrogen-bond acceptors (Lipinski definition) is 6. The standard InChI is InChI=1S/C16H14ClN3O2S2/c1-2-23-16-20-19-15(24-16)18-14(21)9-22-13-8-7-12(17)10-5-3-4-6-11(10)13/h3-8H,2,9H2,1H3,(H,18,19,21). The second-order valence-corrected chi connectivity index (χ2v) is 7.63. The zero-order valence-corrected chi connectivity index (χ0v) is 15.2. The maximum Gasteiger partial charge on any atom is 0.264 e. The summed E-state index contributed by atoms with van der Waals surface area (Å²) >= 11 is 9.11. The molecule has 0 bridgehead atoms. The van der Waals surface area contributed by atoms with Crippen LogP contribution in [0.15, 0.2) is 40.7 Å². The number of fused-ring (bicyclic) bond motifs is 1. The number of ether oxygens (including phenoxy) is 1. The van der Waals surface area contributed by atoms with Crippen LogP contribution in [0.4, 0.5) is 5.13 Å². The monoisotopic (exact) mass is 379 g/mol. The summed E-state index contributed by atoms with van der Waals surface area (Å²) in [6, 6.07) is 11.2. The molecule has 5 nitrogen and oxygen atoms in total. The van der Waals surface area contributed by atoms with Crippen LogP contribution in [-0.4, -0.2) is 28.5 Å². The van der Waals surface area contributed by atoms with E-state index in [1.54, 1.807) is 23.9 Å². The summed E-state index contributed by atoms with van der Waals surface area (Å²) in [6.45, 7) is 1.93. The highest BCUT2D eigenvalue weighted by Crippen LogP contribution is 2.31. The summed E-state index contributed by atoms with van der Waals surface area (Å²) in [7, 11) is 0. The van der Waals surface area contributed by atoms with Gasteiger partial charge in [-0.3, -0.25) is 10.1 Å². The Hall–Kier alpha value is -1.83. The topological polar surface area (TPSA) is 64.1 Å². The van der Waals surface area contributed by atoms with Crippen molar-refractivity contribution in [3.63, 3.8) is 0 Å². The van der Waals surface area contributed by atoms with Crippen molar-refractivity contribution < 1.29 is 9.53 Å². The van der Waals surface area contributed by atoms with Crippen LogP contribution >= 0.6 is 34.7 Å². The Kier molecular flexibility index (Phi) is 5.55. The van der Waals surface area contributed by atoms with Gasteiger partial charge in [0.25, 0.3) is 5.91 Å². The molecule has 0 atom stereocenters. The summed E-state index contributed by atoms with van der Waals surface area (Å²) in [5.74, 6) is 1.25. The smallest absolute Gasteiger partial charge is 0.264 e. The predicted molar refractivity (Wildman–Crippen MR) is 99.4 cm³/mol. The summed E-state index contributed by atoms with van der Waals surface area (Å²) in [5.41, 5.74) is 0. The number of nitrogens with one attached hydrogen (secondary N) is 1. The van der Waals surface area contributed by atoms with E-state index in [0.717, 1.165) is 20.9 Å². The molecule has 1 amide bonds. The fourth-order valence-electron chi connectivity index (χ4n) is 2.10. The lowest BCUT2D eigenvalue weighted by Gasteiger charge is -2.09. The van der Waals surface area contributed by atoms with E-state index >= 15 is 0 Å². The third-order valence-electron chi connectivity index (χ3n) is 3.11. The minimum absolute atomic E-state index is 0.110. The summed E-state index contributed by atoms with van der Waals surface area (Å²) in [5, 5.41) is 13.5. The van der Waals surface area contributed by atoms with Gasteiger partial charge in [-0.2, -0.15) is 0 Å². The zero-order chi connectivity index (χ0) is 16.9. The van der Waals surface area contributed by atoms with Crippen LogP contribution < -0.4 is 10.1 Å². The van der Waals surface area contributed by atoms with E-state index in [4.69, 9.17) is 16.3 Å². The first-order chi connectivity index (χ1) is 11.7. The number of carbonyl (C=O) groups excluding carboxylic acids is 1. The van der Waals surface area contributed by atoms with Crippen molar-refractivity contribution in [2.75, 3.05) is 17.7 Å². The molecular formula is C16H14ClN3O2S2. The van der Waals surface area contributed by atoms with Gasteiger partial charge in [-0.05, 0) is 17.9 Å². The second kappa shape index (κ2) is 7.83. The van der Waals surface area contributed by atoms with Gasteiger partial charge in [-0.1, -0.05) is 65.9 Å². The molecule has 24 heavy (non-hydrogen) atoms. The number of thioether (sulfide) groups is 1. The molecule has 0 saturated carbocycles. The van der Waals surface area contributed by atoms with Gasteiger partial charge in [-0.15, -0.1) is 10.2 Å². The van der Waals surface area contributed by atoms with E-state index in [2.05, 4.69) is 15.5 Å². The van der Waals surface area contributed by atoms with Gasteiger partial charge in [0.05, 0.1) is 0 Å². The quantitative estimate of drug-likeness (QED) is 0.505. The summed E-state index contributed by atoms with van der Waals surface area (Å²) < 4.78 is 6.47. The van der Waals surface area contributed by atoms with Gasteiger partial charge in [0.15, 0.2) is 10.9 Å². The van der Waals surface area contributed by atoms with Crippen LogP contribution in [-0.2, 0) is 4.79 Å². The van der Waals surface area contributed by atoms with Crippen molar-refractivity contribution in [2.45, 2.75) is 11.3 Å². The number of benzene rings is 2. The molecular weight excluding hydrogens is 366 g/mol. The molecule has 3 aromatic rings. The fraction of sp³-hybridized carbons (Fsp3) is 0.188. The Balaban J connectivity index is 1.65. The van der Waals surface area contributed by atoms with Crippen LogP contribution in [0.25, 0.3) is 10.8 Å². The number of halogens is 1. The molecule has 3 rings (SSSR count). The number of nitrogens with zero attached hydrogens (tertiary/aromatic N) is 2. The molecule has 1 aromatic heterocycles. The van der Waals surface area contributed by atoms with Crippen LogP contribution in [0.5, 0.6) is 5.75 Å². The third-order valence-corrected chi connectivity index (χ3v) is 5.29. The average molecular weight is 380 g/mol. The number of aromatic nitrogens is 2. The highest BCUT2D eigenvalue weighted by Gasteiger charge is 2.11. The van der Waals surface area contributed by atoms with Crippen molar-refractivity contribution >= 4 is 56.5 Å². The zero-order valence-electron chi connectivity index (χ0n) is 12.8. The van der Waals surface area contributed by atoms with Gasteiger partial charge in [0, 0.05) is 15.8 Å².